The van der Waals surface area contributed by atoms with Crippen molar-refractivity contribution in [2.75, 3.05) is 33.4 Å². The zero-order chi connectivity index (χ0) is 15.7. The summed E-state index contributed by atoms with van der Waals surface area (Å²) >= 11 is 0. The van der Waals surface area contributed by atoms with Crippen LogP contribution in [-0.2, 0) is 16.0 Å². The summed E-state index contributed by atoms with van der Waals surface area (Å²) in [4.78, 5) is 6.88. The minimum atomic E-state index is 0.366. The number of ether oxygens (including phenoxy) is 2. The van der Waals surface area contributed by atoms with Crippen molar-refractivity contribution in [1.29, 1.82) is 0 Å². The van der Waals surface area contributed by atoms with Crippen molar-refractivity contribution in [1.82, 2.24) is 9.88 Å². The molecule has 4 nitrogen and oxygen atoms in total. The highest BCUT2D eigenvalue weighted by Gasteiger charge is 2.27. The van der Waals surface area contributed by atoms with Crippen LogP contribution >= 0.6 is 0 Å². The lowest BCUT2D eigenvalue weighted by Crippen LogP contribution is -2.51. The minimum Gasteiger partial charge on any atom is -0.382 e. The van der Waals surface area contributed by atoms with Crippen molar-refractivity contribution >= 4 is 0 Å². The highest BCUT2D eigenvalue weighted by molar-refractivity contribution is 5.17. The van der Waals surface area contributed by atoms with E-state index >= 15 is 0 Å². The van der Waals surface area contributed by atoms with Gasteiger partial charge in [-0.1, -0.05) is 33.8 Å². The Morgan fingerprint density at radius 1 is 1.24 bits per heavy atom. The van der Waals surface area contributed by atoms with Gasteiger partial charge in [-0.05, 0) is 17.5 Å². The minimum absolute atomic E-state index is 0.366. The van der Waals surface area contributed by atoms with Crippen LogP contribution in [0.2, 0.25) is 0 Å². The topological polar surface area (TPSA) is 34.6 Å². The molecule has 1 aromatic rings. The SMILES string of the molecule is CC.COCCOC1CN(Cc2ccc(C(C)C)cn2)C1. The summed E-state index contributed by atoms with van der Waals surface area (Å²) in [5.74, 6) is 0.545. The van der Waals surface area contributed by atoms with E-state index in [1.165, 1.54) is 5.56 Å². The number of nitrogens with zero attached hydrogens (tertiary/aromatic N) is 2. The molecule has 0 bridgehead atoms. The Balaban J connectivity index is 0.00000106. The number of likely N-dealkylation sites (tertiary alicyclic amines) is 1. The molecule has 2 heterocycles. The van der Waals surface area contributed by atoms with Crippen molar-refractivity contribution in [3.05, 3.63) is 29.6 Å². The molecule has 120 valence electrons. The van der Waals surface area contributed by atoms with Crippen LogP contribution in [-0.4, -0.2) is 49.4 Å². The van der Waals surface area contributed by atoms with E-state index in [0.29, 0.717) is 25.2 Å². The zero-order valence-corrected chi connectivity index (χ0v) is 14.1. The third-order valence-corrected chi connectivity index (χ3v) is 3.46. The van der Waals surface area contributed by atoms with Gasteiger partial charge in [-0.3, -0.25) is 9.88 Å². The normalized spacial score (nSPS) is 15.5. The highest BCUT2D eigenvalue weighted by Crippen LogP contribution is 2.17. The molecule has 0 unspecified atom stereocenters. The lowest BCUT2D eigenvalue weighted by atomic mass is 10.1. The number of hydrogen-bond donors (Lipinski definition) is 0. The summed E-state index contributed by atoms with van der Waals surface area (Å²) in [7, 11) is 1.70. The van der Waals surface area contributed by atoms with Gasteiger partial charge >= 0.3 is 0 Å². The molecule has 0 radical (unpaired) electrons. The van der Waals surface area contributed by atoms with Crippen LogP contribution in [0.4, 0.5) is 0 Å². The van der Waals surface area contributed by atoms with Crippen LogP contribution in [0.5, 0.6) is 0 Å². The third-order valence-electron chi connectivity index (χ3n) is 3.46. The summed E-state index contributed by atoms with van der Waals surface area (Å²) in [5, 5.41) is 0. The molecule has 0 aliphatic carbocycles. The van der Waals surface area contributed by atoms with Crippen LogP contribution in [0.3, 0.4) is 0 Å². The molecule has 0 N–H and O–H groups in total. The predicted octanol–water partition coefficient (Wildman–Crippen LogP) is 3.08. The summed E-state index contributed by atoms with van der Waals surface area (Å²) < 4.78 is 10.6. The summed E-state index contributed by atoms with van der Waals surface area (Å²) in [6, 6.07) is 4.31. The largest absolute Gasteiger partial charge is 0.382 e. The molecule has 0 spiro atoms. The van der Waals surface area contributed by atoms with Crippen LogP contribution in [0.25, 0.3) is 0 Å². The first-order valence-electron chi connectivity index (χ1n) is 7.96. The smallest absolute Gasteiger partial charge is 0.0830 e. The van der Waals surface area contributed by atoms with Gasteiger partial charge in [0.05, 0.1) is 25.0 Å². The maximum atomic E-state index is 5.65. The molecule has 1 aromatic heterocycles. The van der Waals surface area contributed by atoms with Gasteiger partial charge in [0.2, 0.25) is 0 Å². The first kappa shape index (κ1) is 18.1. The summed E-state index contributed by atoms with van der Waals surface area (Å²) in [5.41, 5.74) is 2.44. The molecule has 1 saturated heterocycles. The van der Waals surface area contributed by atoms with E-state index in [1.54, 1.807) is 7.11 Å². The number of pyridine rings is 1. The first-order chi connectivity index (χ1) is 10.2. The Morgan fingerprint density at radius 3 is 2.48 bits per heavy atom. The van der Waals surface area contributed by atoms with E-state index in [1.807, 2.05) is 20.0 Å². The molecule has 1 aliphatic rings. The van der Waals surface area contributed by atoms with Crippen molar-refractivity contribution < 1.29 is 9.47 Å². The standard InChI is InChI=1S/C15H24N2O2.C2H6/c1-12(2)13-4-5-14(16-8-13)9-17-10-15(11-17)19-7-6-18-3;1-2/h4-5,8,12,15H,6-7,9-11H2,1-3H3;1-2H3. The number of methoxy groups -OCH3 is 1. The molecule has 1 aliphatic heterocycles. The Bertz CT molecular complexity index is 373. The third kappa shape index (κ3) is 6.12. The fourth-order valence-corrected chi connectivity index (χ4v) is 2.16. The lowest BCUT2D eigenvalue weighted by molar-refractivity contribution is -0.0702. The molecule has 21 heavy (non-hydrogen) atoms. The van der Waals surface area contributed by atoms with E-state index < -0.39 is 0 Å². The van der Waals surface area contributed by atoms with Gasteiger partial charge in [0.1, 0.15) is 0 Å². The molecule has 0 saturated carbocycles. The Hall–Kier alpha value is -0.970. The molecule has 2 rings (SSSR count). The maximum absolute atomic E-state index is 5.65. The molecular formula is C17H30N2O2. The molecule has 1 fully saturated rings. The molecule has 0 aromatic carbocycles. The Labute approximate surface area is 129 Å². The van der Waals surface area contributed by atoms with Gasteiger partial charge in [-0.25, -0.2) is 0 Å². The van der Waals surface area contributed by atoms with E-state index in [4.69, 9.17) is 9.47 Å². The molecular weight excluding hydrogens is 264 g/mol. The monoisotopic (exact) mass is 294 g/mol. The first-order valence-corrected chi connectivity index (χ1v) is 7.96. The lowest BCUT2D eigenvalue weighted by Gasteiger charge is -2.38. The van der Waals surface area contributed by atoms with E-state index in [9.17, 15) is 0 Å². The van der Waals surface area contributed by atoms with Crippen molar-refractivity contribution in [2.24, 2.45) is 0 Å². The zero-order valence-electron chi connectivity index (χ0n) is 14.1. The second-order valence-corrected chi connectivity index (χ2v) is 5.42. The Morgan fingerprint density at radius 2 is 1.95 bits per heavy atom. The second kappa shape index (κ2) is 9.87. The van der Waals surface area contributed by atoms with Gasteiger partial charge in [0, 0.05) is 32.9 Å². The van der Waals surface area contributed by atoms with Crippen molar-refractivity contribution in [3.63, 3.8) is 0 Å². The van der Waals surface area contributed by atoms with Crippen LogP contribution in [0, 0.1) is 0 Å². The van der Waals surface area contributed by atoms with Gasteiger partial charge in [-0.15, -0.1) is 0 Å². The van der Waals surface area contributed by atoms with Crippen molar-refractivity contribution in [3.8, 4) is 0 Å². The van der Waals surface area contributed by atoms with Crippen LogP contribution in [0.1, 0.15) is 44.9 Å². The number of rotatable bonds is 7. The second-order valence-electron chi connectivity index (χ2n) is 5.42. The van der Waals surface area contributed by atoms with Crippen LogP contribution in [0.15, 0.2) is 18.3 Å². The van der Waals surface area contributed by atoms with Gasteiger partial charge in [0.25, 0.3) is 0 Å². The number of aromatic nitrogens is 1. The number of hydrogen-bond acceptors (Lipinski definition) is 4. The maximum Gasteiger partial charge on any atom is 0.0830 e. The van der Waals surface area contributed by atoms with Gasteiger partial charge in [0.15, 0.2) is 0 Å². The average molecular weight is 294 g/mol. The van der Waals surface area contributed by atoms with Gasteiger partial charge < -0.3 is 9.47 Å². The van der Waals surface area contributed by atoms with Crippen molar-refractivity contribution in [2.45, 2.75) is 46.3 Å². The average Bonchev–Trinajstić information content (AvgIpc) is 2.47. The fourth-order valence-electron chi connectivity index (χ4n) is 2.16. The fraction of sp³-hybridized carbons (Fsp3) is 0.706. The van der Waals surface area contributed by atoms with E-state index in [0.717, 1.165) is 25.3 Å². The highest BCUT2D eigenvalue weighted by atomic mass is 16.5. The van der Waals surface area contributed by atoms with Crippen LogP contribution < -0.4 is 0 Å². The van der Waals surface area contributed by atoms with E-state index in [2.05, 4.69) is 35.9 Å². The molecule has 0 amide bonds. The summed E-state index contributed by atoms with van der Waals surface area (Å²) in [6.45, 7) is 12.7. The van der Waals surface area contributed by atoms with E-state index in [-0.39, 0.29) is 0 Å². The molecule has 4 heteroatoms. The molecule has 0 atom stereocenters. The predicted molar refractivity (Wildman–Crippen MR) is 86.6 cm³/mol. The Kier molecular flexibility index (Phi) is 8.50. The quantitative estimate of drug-likeness (QED) is 0.724. The summed E-state index contributed by atoms with van der Waals surface area (Å²) in [6.07, 6.45) is 2.36. The van der Waals surface area contributed by atoms with Gasteiger partial charge in [-0.2, -0.15) is 0 Å².